The zero-order valence-corrected chi connectivity index (χ0v) is 18.2. The van der Waals surface area contributed by atoms with Crippen molar-refractivity contribution in [2.24, 2.45) is 0 Å². The zero-order chi connectivity index (χ0) is 27.2. The lowest BCUT2D eigenvalue weighted by atomic mass is 10.0. The summed E-state index contributed by atoms with van der Waals surface area (Å²) in [7, 11) is 4.21. The maximum absolute atomic E-state index is 13.5. The number of aliphatic carboxylic acids is 1. The highest BCUT2D eigenvalue weighted by atomic mass is 19.4. The van der Waals surface area contributed by atoms with E-state index in [1.165, 1.54) is 21.1 Å². The Balaban J connectivity index is 5.18. The number of amides is 1. The minimum atomic E-state index is -7.06. The molecule has 0 fully saturated rings. The highest BCUT2D eigenvalue weighted by Crippen LogP contribution is 2.53. The Morgan fingerprint density at radius 1 is 0.971 bits per heavy atom. The smallest absolute Gasteiger partial charge is 0.460 e. The molecule has 0 saturated carbocycles. The van der Waals surface area contributed by atoms with E-state index >= 15 is 0 Å². The molecule has 0 spiro atoms. The third-order valence-corrected chi connectivity index (χ3v) is 4.49. The number of hydrogen-bond acceptors (Lipinski definition) is 5. The van der Waals surface area contributed by atoms with Gasteiger partial charge in [0.05, 0.1) is 40.1 Å². The van der Waals surface area contributed by atoms with Gasteiger partial charge < -0.3 is 19.6 Å². The molecule has 0 saturated heterocycles. The number of nitrogens with one attached hydrogen (secondary N) is 2. The minimum Gasteiger partial charge on any atom is -0.477 e. The van der Waals surface area contributed by atoms with Crippen LogP contribution in [0.25, 0.3) is 0 Å². The molecular formula is C17H25F9N3O5+. The second-order valence-electron chi connectivity index (χ2n) is 7.86. The van der Waals surface area contributed by atoms with Gasteiger partial charge in [-0.2, -0.15) is 39.5 Å². The van der Waals surface area contributed by atoms with Crippen molar-refractivity contribution in [3.8, 4) is 0 Å². The summed E-state index contributed by atoms with van der Waals surface area (Å²) in [5.41, 5.74) is 0. The average Bonchev–Trinajstić information content (AvgIpc) is 2.64. The summed E-state index contributed by atoms with van der Waals surface area (Å²) in [5, 5.41) is 13.4. The number of carboxylic acid groups (broad SMARTS) is 1. The summed E-state index contributed by atoms with van der Waals surface area (Å²) in [6.07, 6.45) is -9.97. The van der Waals surface area contributed by atoms with Crippen molar-refractivity contribution < 1.29 is 68.2 Å². The molecule has 0 bridgehead atoms. The highest BCUT2D eigenvalue weighted by Gasteiger charge is 2.81. The molecule has 0 aromatic carbocycles. The first-order valence-electron chi connectivity index (χ1n) is 9.46. The van der Waals surface area contributed by atoms with Crippen LogP contribution in [0.15, 0.2) is 0 Å². The van der Waals surface area contributed by atoms with Crippen LogP contribution in [0.3, 0.4) is 0 Å². The van der Waals surface area contributed by atoms with Crippen LogP contribution in [0.5, 0.6) is 0 Å². The molecule has 0 heterocycles. The number of nitrogens with zero attached hydrogens (tertiary/aromatic N) is 1. The van der Waals surface area contributed by atoms with Gasteiger partial charge in [0.2, 0.25) is 5.91 Å². The van der Waals surface area contributed by atoms with Crippen molar-refractivity contribution in [3.05, 3.63) is 0 Å². The molecule has 0 aromatic rings. The Morgan fingerprint density at radius 2 is 1.50 bits per heavy atom. The fraction of sp³-hybridized carbons (Fsp3) is 0.824. The Morgan fingerprint density at radius 3 is 1.94 bits per heavy atom. The van der Waals surface area contributed by atoms with Crippen molar-refractivity contribution in [3.63, 3.8) is 0 Å². The second kappa shape index (κ2) is 11.4. The standard InChI is InChI=1S/C17H24F9N3O5/c1-27-11(30)8-10(28-5-6-29(2,3)9-12(31)32)13(33)34-7-4-14(18,19)15(20,21)16(22,23)17(24,25)26/h10,28H,4-9H2,1-3H3,(H-,27,30,31,32)/p+1. The normalized spacial score (nSPS) is 14.5. The number of esters is 1. The van der Waals surface area contributed by atoms with Gasteiger partial charge in [-0.3, -0.25) is 14.9 Å². The molecule has 200 valence electrons. The average molecular weight is 522 g/mol. The number of halogens is 9. The summed E-state index contributed by atoms with van der Waals surface area (Å²) in [6.45, 7) is -2.01. The third kappa shape index (κ3) is 8.48. The molecule has 0 rings (SSSR count). The number of quaternary nitrogens is 1. The van der Waals surface area contributed by atoms with Gasteiger partial charge in [-0.15, -0.1) is 0 Å². The van der Waals surface area contributed by atoms with E-state index in [1.807, 2.05) is 0 Å². The van der Waals surface area contributed by atoms with E-state index in [-0.39, 0.29) is 24.1 Å². The second-order valence-corrected chi connectivity index (χ2v) is 7.86. The number of rotatable bonds is 14. The first-order chi connectivity index (χ1) is 15.1. The van der Waals surface area contributed by atoms with Gasteiger partial charge in [0.1, 0.15) is 6.04 Å². The number of hydrogen-bond donors (Lipinski definition) is 3. The first-order valence-corrected chi connectivity index (χ1v) is 9.46. The van der Waals surface area contributed by atoms with E-state index in [4.69, 9.17) is 5.11 Å². The number of alkyl halides is 9. The number of carbonyl (C=O) groups excluding carboxylic acids is 2. The van der Waals surface area contributed by atoms with E-state index in [2.05, 4.69) is 15.4 Å². The van der Waals surface area contributed by atoms with E-state index in [1.54, 1.807) is 0 Å². The molecule has 0 aromatic heterocycles. The van der Waals surface area contributed by atoms with Gasteiger partial charge >= 0.3 is 35.9 Å². The fourth-order valence-corrected chi connectivity index (χ4v) is 2.46. The number of carboxylic acids is 1. The molecule has 17 heteroatoms. The topological polar surface area (TPSA) is 105 Å². The fourth-order valence-electron chi connectivity index (χ4n) is 2.46. The van der Waals surface area contributed by atoms with Crippen molar-refractivity contribution in [2.45, 2.75) is 42.8 Å². The molecule has 0 aliphatic heterocycles. The molecule has 0 aliphatic carbocycles. The van der Waals surface area contributed by atoms with Gasteiger partial charge in [0.15, 0.2) is 6.54 Å². The van der Waals surface area contributed by atoms with Gasteiger partial charge in [0.25, 0.3) is 0 Å². The third-order valence-electron chi connectivity index (χ3n) is 4.49. The summed E-state index contributed by atoms with van der Waals surface area (Å²) in [5.74, 6) is -23.1. The minimum absolute atomic E-state index is 0.0840. The maximum atomic E-state index is 13.5. The lowest BCUT2D eigenvalue weighted by molar-refractivity contribution is -0.881. The Hall–Kier alpha value is -2.30. The predicted octanol–water partition coefficient (Wildman–Crippen LogP) is 1.64. The molecule has 34 heavy (non-hydrogen) atoms. The summed E-state index contributed by atoms with van der Waals surface area (Å²) in [4.78, 5) is 34.5. The summed E-state index contributed by atoms with van der Waals surface area (Å²) >= 11 is 0. The molecule has 0 aliphatic rings. The van der Waals surface area contributed by atoms with Gasteiger partial charge in [0, 0.05) is 13.6 Å². The van der Waals surface area contributed by atoms with Crippen LogP contribution in [0.1, 0.15) is 12.8 Å². The predicted molar refractivity (Wildman–Crippen MR) is 96.4 cm³/mol. The van der Waals surface area contributed by atoms with Crippen LogP contribution in [-0.4, -0.2) is 105 Å². The summed E-state index contributed by atoms with van der Waals surface area (Å²) in [6, 6.07) is -1.55. The highest BCUT2D eigenvalue weighted by molar-refractivity contribution is 5.85. The number of carbonyl (C=O) groups is 3. The van der Waals surface area contributed by atoms with Gasteiger partial charge in [-0.05, 0) is 0 Å². The van der Waals surface area contributed by atoms with Crippen LogP contribution in [-0.2, 0) is 19.1 Å². The van der Waals surface area contributed by atoms with Crippen molar-refractivity contribution >= 4 is 17.8 Å². The zero-order valence-electron chi connectivity index (χ0n) is 18.2. The molecular weight excluding hydrogens is 497 g/mol. The molecule has 1 amide bonds. The van der Waals surface area contributed by atoms with Gasteiger partial charge in [-0.25, -0.2) is 4.79 Å². The Labute approximate surface area is 188 Å². The SMILES string of the molecule is CNC(=O)CC(NCC[N+](C)(C)CC(=O)O)C(=O)OCCC(F)(F)C(F)(F)C(F)(F)C(F)(F)F. The van der Waals surface area contributed by atoms with Gasteiger partial charge in [-0.1, -0.05) is 0 Å². The van der Waals surface area contributed by atoms with E-state index in [0.717, 1.165) is 0 Å². The maximum Gasteiger partial charge on any atom is 0.460 e. The van der Waals surface area contributed by atoms with Crippen LogP contribution >= 0.6 is 0 Å². The van der Waals surface area contributed by atoms with E-state index in [0.29, 0.717) is 0 Å². The van der Waals surface area contributed by atoms with Crippen molar-refractivity contribution in [1.82, 2.24) is 10.6 Å². The van der Waals surface area contributed by atoms with Crippen LogP contribution in [0, 0.1) is 0 Å². The largest absolute Gasteiger partial charge is 0.477 e. The lowest BCUT2D eigenvalue weighted by Crippen LogP contribution is -2.61. The number of likely N-dealkylation sites (N-methyl/N-ethyl adjacent to an activating group) is 1. The molecule has 8 nitrogen and oxygen atoms in total. The molecule has 1 atom stereocenters. The lowest BCUT2D eigenvalue weighted by Gasteiger charge is -2.33. The number of ether oxygens (including phenoxy) is 1. The monoisotopic (exact) mass is 522 g/mol. The molecule has 3 N–H and O–H groups in total. The van der Waals surface area contributed by atoms with Crippen LogP contribution in [0.4, 0.5) is 39.5 Å². The molecule has 0 radical (unpaired) electrons. The Kier molecular flexibility index (Phi) is 10.6. The van der Waals surface area contributed by atoms with Crippen LogP contribution in [0.2, 0.25) is 0 Å². The van der Waals surface area contributed by atoms with Crippen molar-refractivity contribution in [2.75, 3.05) is 47.4 Å². The quantitative estimate of drug-likeness (QED) is 0.182. The molecule has 1 unspecified atom stereocenters. The van der Waals surface area contributed by atoms with E-state index < -0.39 is 67.3 Å². The van der Waals surface area contributed by atoms with Crippen LogP contribution < -0.4 is 10.6 Å². The van der Waals surface area contributed by atoms with Crippen molar-refractivity contribution in [1.29, 1.82) is 0 Å². The van der Waals surface area contributed by atoms with E-state index in [9.17, 15) is 53.9 Å². The first kappa shape index (κ1) is 31.7. The summed E-state index contributed by atoms with van der Waals surface area (Å²) < 4.78 is 120. The Bertz CT molecular complexity index is 730.